The summed E-state index contributed by atoms with van der Waals surface area (Å²) in [6.45, 7) is 2.17. The molecule has 1 aliphatic heterocycles. The number of halogens is 1. The number of unbranched alkanes of at least 4 members (excludes halogenated alkanes) is 1. The first-order chi connectivity index (χ1) is 12.7. The number of anilines is 1. The highest BCUT2D eigenvalue weighted by atomic mass is 79.9. The lowest BCUT2D eigenvalue weighted by atomic mass is 10.1. The molecule has 1 atom stereocenters. The van der Waals surface area contributed by atoms with Gasteiger partial charge in [0.1, 0.15) is 0 Å². The molecule has 0 saturated heterocycles. The molecule has 0 bridgehead atoms. The van der Waals surface area contributed by atoms with Crippen molar-refractivity contribution in [1.82, 2.24) is 15.2 Å². The van der Waals surface area contributed by atoms with Gasteiger partial charge in [0.2, 0.25) is 11.0 Å². The van der Waals surface area contributed by atoms with E-state index in [2.05, 4.69) is 54.8 Å². The van der Waals surface area contributed by atoms with E-state index < -0.39 is 0 Å². The Bertz CT molecular complexity index is 904. The molecule has 1 aliphatic rings. The van der Waals surface area contributed by atoms with Crippen molar-refractivity contribution < 1.29 is 4.74 Å². The van der Waals surface area contributed by atoms with Crippen LogP contribution in [-0.2, 0) is 0 Å². The molecule has 1 N–H and O–H groups in total. The monoisotopic (exact) mass is 448 g/mol. The summed E-state index contributed by atoms with van der Waals surface area (Å²) in [6, 6.07) is 8.08. The summed E-state index contributed by atoms with van der Waals surface area (Å²) < 4.78 is 7.20. The Morgan fingerprint density at radius 3 is 3.04 bits per heavy atom. The van der Waals surface area contributed by atoms with Gasteiger partial charge >= 0.3 is 0 Å². The molecule has 3 aromatic rings. The van der Waals surface area contributed by atoms with Crippen LogP contribution < -0.4 is 10.1 Å². The van der Waals surface area contributed by atoms with Gasteiger partial charge in [-0.15, -0.1) is 10.2 Å². The van der Waals surface area contributed by atoms with E-state index in [-0.39, 0.29) is 6.23 Å². The van der Waals surface area contributed by atoms with Crippen LogP contribution in [0.2, 0.25) is 0 Å². The Hall–Kier alpha value is -1.64. The highest BCUT2D eigenvalue weighted by Crippen LogP contribution is 2.41. The van der Waals surface area contributed by atoms with Crippen molar-refractivity contribution in [2.75, 3.05) is 11.1 Å². The van der Waals surface area contributed by atoms with Crippen molar-refractivity contribution >= 4 is 44.7 Å². The van der Waals surface area contributed by atoms with Crippen molar-refractivity contribution in [3.8, 4) is 17.1 Å². The number of hydrogen-bond acceptors (Lipinski definition) is 7. The molecule has 134 valence electrons. The van der Waals surface area contributed by atoms with Gasteiger partial charge in [-0.05, 0) is 41.4 Å². The SMILES string of the molecule is CCCCSc1nnc2c(n1)OC(c1ccsc1)Nc1ccc(Br)cc1-2. The van der Waals surface area contributed by atoms with Gasteiger partial charge < -0.3 is 10.1 Å². The van der Waals surface area contributed by atoms with Crippen LogP contribution in [-0.4, -0.2) is 20.9 Å². The number of benzene rings is 1. The second kappa shape index (κ2) is 7.94. The van der Waals surface area contributed by atoms with Gasteiger partial charge in [0, 0.05) is 27.0 Å². The first kappa shape index (κ1) is 17.8. The molecule has 0 saturated carbocycles. The minimum Gasteiger partial charge on any atom is -0.448 e. The maximum absolute atomic E-state index is 6.22. The fraction of sp³-hybridized carbons (Fsp3) is 0.278. The summed E-state index contributed by atoms with van der Waals surface area (Å²) >= 11 is 6.80. The minimum absolute atomic E-state index is 0.312. The Kier molecular flexibility index (Phi) is 5.42. The summed E-state index contributed by atoms with van der Waals surface area (Å²) in [4.78, 5) is 4.65. The Balaban J connectivity index is 1.76. The zero-order valence-corrected chi connectivity index (χ0v) is 17.3. The van der Waals surface area contributed by atoms with Crippen molar-refractivity contribution in [3.05, 3.63) is 45.1 Å². The maximum atomic E-state index is 6.22. The summed E-state index contributed by atoms with van der Waals surface area (Å²) in [7, 11) is 0. The lowest BCUT2D eigenvalue weighted by Gasteiger charge is -2.17. The molecule has 1 aromatic carbocycles. The highest BCUT2D eigenvalue weighted by molar-refractivity contribution is 9.10. The van der Waals surface area contributed by atoms with E-state index >= 15 is 0 Å². The van der Waals surface area contributed by atoms with E-state index in [0.717, 1.165) is 39.9 Å². The van der Waals surface area contributed by atoms with E-state index in [9.17, 15) is 0 Å². The molecule has 0 amide bonds. The molecule has 0 aliphatic carbocycles. The molecule has 2 aromatic heterocycles. The molecule has 4 rings (SSSR count). The van der Waals surface area contributed by atoms with Crippen LogP contribution in [0.25, 0.3) is 11.3 Å². The molecule has 3 heterocycles. The maximum Gasteiger partial charge on any atom is 0.247 e. The smallest absolute Gasteiger partial charge is 0.247 e. The molecular formula is C18H17BrN4OS2. The largest absolute Gasteiger partial charge is 0.448 e. The van der Waals surface area contributed by atoms with Crippen LogP contribution in [0.4, 0.5) is 5.69 Å². The lowest BCUT2D eigenvalue weighted by Crippen LogP contribution is -2.16. The van der Waals surface area contributed by atoms with Crippen LogP contribution in [0.1, 0.15) is 31.6 Å². The molecule has 0 fully saturated rings. The first-order valence-electron chi connectivity index (χ1n) is 8.37. The number of nitrogens with zero attached hydrogens (tertiary/aromatic N) is 3. The van der Waals surface area contributed by atoms with Crippen molar-refractivity contribution in [1.29, 1.82) is 0 Å². The summed E-state index contributed by atoms with van der Waals surface area (Å²) in [5.74, 6) is 1.49. The Morgan fingerprint density at radius 2 is 2.23 bits per heavy atom. The standard InChI is InChI=1S/C18H17BrN4OS2/c1-2-3-7-26-18-21-17-15(22-23-18)13-9-12(19)4-5-14(13)20-16(24-17)11-6-8-25-10-11/h4-6,8-10,16,20H,2-3,7H2,1H3. The van der Waals surface area contributed by atoms with Crippen molar-refractivity contribution in [2.24, 2.45) is 0 Å². The minimum atomic E-state index is -0.312. The summed E-state index contributed by atoms with van der Waals surface area (Å²) in [5, 5.41) is 17.0. The fourth-order valence-corrected chi connectivity index (χ4v) is 4.51. The van der Waals surface area contributed by atoms with E-state index in [1.54, 1.807) is 23.1 Å². The van der Waals surface area contributed by atoms with Crippen molar-refractivity contribution in [2.45, 2.75) is 31.1 Å². The Labute approximate surface area is 168 Å². The van der Waals surface area contributed by atoms with Gasteiger partial charge in [-0.3, -0.25) is 0 Å². The zero-order valence-electron chi connectivity index (χ0n) is 14.1. The van der Waals surface area contributed by atoms with Gasteiger partial charge in [-0.25, -0.2) is 0 Å². The van der Waals surface area contributed by atoms with E-state index in [0.29, 0.717) is 16.7 Å². The third-order valence-electron chi connectivity index (χ3n) is 3.96. The average Bonchev–Trinajstić information content (AvgIpc) is 3.13. The average molecular weight is 449 g/mol. The lowest BCUT2D eigenvalue weighted by molar-refractivity contribution is 0.225. The number of rotatable bonds is 5. The molecule has 26 heavy (non-hydrogen) atoms. The van der Waals surface area contributed by atoms with E-state index in [4.69, 9.17) is 4.74 Å². The van der Waals surface area contributed by atoms with Crippen molar-refractivity contribution in [3.63, 3.8) is 0 Å². The molecular weight excluding hydrogens is 432 g/mol. The van der Waals surface area contributed by atoms with Crippen LogP contribution in [0.15, 0.2) is 44.7 Å². The van der Waals surface area contributed by atoms with Gasteiger partial charge in [0.25, 0.3) is 0 Å². The normalized spacial score (nSPS) is 15.4. The van der Waals surface area contributed by atoms with Crippen LogP contribution in [0.3, 0.4) is 0 Å². The first-order valence-corrected chi connectivity index (χ1v) is 11.1. The molecule has 0 radical (unpaired) electrons. The third-order valence-corrected chi connectivity index (χ3v) is 6.08. The second-order valence-electron chi connectivity index (χ2n) is 5.84. The summed E-state index contributed by atoms with van der Waals surface area (Å²) in [6.07, 6.45) is 1.96. The molecule has 1 unspecified atom stereocenters. The van der Waals surface area contributed by atoms with E-state index in [1.165, 1.54) is 0 Å². The van der Waals surface area contributed by atoms with Gasteiger partial charge in [0.15, 0.2) is 11.9 Å². The number of hydrogen-bond donors (Lipinski definition) is 1. The van der Waals surface area contributed by atoms with Crippen LogP contribution in [0.5, 0.6) is 5.88 Å². The summed E-state index contributed by atoms with van der Waals surface area (Å²) in [5.41, 5.74) is 3.60. The van der Waals surface area contributed by atoms with Crippen LogP contribution in [0, 0.1) is 0 Å². The van der Waals surface area contributed by atoms with Crippen LogP contribution >= 0.6 is 39.0 Å². The van der Waals surface area contributed by atoms with Gasteiger partial charge in [0.05, 0.1) is 0 Å². The van der Waals surface area contributed by atoms with Gasteiger partial charge in [-0.2, -0.15) is 16.3 Å². The predicted molar refractivity (Wildman–Crippen MR) is 110 cm³/mol. The third kappa shape index (κ3) is 3.72. The Morgan fingerprint density at radius 1 is 1.31 bits per heavy atom. The predicted octanol–water partition coefficient (Wildman–Crippen LogP) is 5.76. The van der Waals surface area contributed by atoms with E-state index in [1.807, 2.05) is 23.6 Å². The second-order valence-corrected chi connectivity index (χ2v) is 8.60. The number of fused-ring (bicyclic) bond motifs is 3. The number of nitrogens with one attached hydrogen (secondary N) is 1. The number of aromatic nitrogens is 3. The number of thiophene rings is 1. The molecule has 0 spiro atoms. The highest BCUT2D eigenvalue weighted by Gasteiger charge is 2.26. The number of ether oxygens (including phenoxy) is 1. The molecule has 5 nitrogen and oxygen atoms in total. The van der Waals surface area contributed by atoms with Gasteiger partial charge in [-0.1, -0.05) is 41.0 Å². The number of thioether (sulfide) groups is 1. The molecule has 8 heteroatoms. The fourth-order valence-electron chi connectivity index (χ4n) is 2.61. The quantitative estimate of drug-likeness (QED) is 0.395. The topological polar surface area (TPSA) is 59.9 Å². The zero-order chi connectivity index (χ0) is 17.9.